The molecule has 0 saturated carbocycles. The second-order valence-corrected chi connectivity index (χ2v) is 8.42. The molecule has 0 bridgehead atoms. The fraction of sp³-hybridized carbons (Fsp3) is 0.417. The van der Waals surface area contributed by atoms with E-state index < -0.39 is 6.04 Å². The first kappa shape index (κ1) is 24.2. The minimum Gasteiger partial charge on any atom is -0.354 e. The Morgan fingerprint density at radius 3 is 2.17 bits per heavy atom. The van der Waals surface area contributed by atoms with E-state index in [0.29, 0.717) is 28.6 Å². The second-order valence-electron chi connectivity index (χ2n) is 7.61. The van der Waals surface area contributed by atoms with E-state index in [1.807, 2.05) is 39.8 Å². The molecule has 0 spiro atoms. The van der Waals surface area contributed by atoms with Crippen LogP contribution >= 0.6 is 23.2 Å². The van der Waals surface area contributed by atoms with Crippen LogP contribution in [0.3, 0.4) is 0 Å². The van der Waals surface area contributed by atoms with E-state index in [1.165, 1.54) is 0 Å². The quantitative estimate of drug-likeness (QED) is 0.551. The summed E-state index contributed by atoms with van der Waals surface area (Å²) >= 11 is 12.7. The third kappa shape index (κ3) is 6.48. The van der Waals surface area contributed by atoms with Crippen molar-refractivity contribution in [2.75, 3.05) is 6.54 Å². The lowest BCUT2D eigenvalue weighted by Gasteiger charge is -2.31. The molecule has 0 unspecified atom stereocenters. The van der Waals surface area contributed by atoms with Gasteiger partial charge in [0.05, 0.1) is 6.42 Å². The molecule has 0 radical (unpaired) electrons. The molecule has 0 aliphatic heterocycles. The number of carbonyl (C=O) groups excluding carboxylic acids is 2. The van der Waals surface area contributed by atoms with Gasteiger partial charge in [0.15, 0.2) is 0 Å². The van der Waals surface area contributed by atoms with E-state index in [-0.39, 0.29) is 24.8 Å². The number of amides is 2. The smallest absolute Gasteiger partial charge is 0.242 e. The van der Waals surface area contributed by atoms with Crippen molar-refractivity contribution in [2.24, 2.45) is 0 Å². The van der Waals surface area contributed by atoms with Crippen molar-refractivity contribution in [3.8, 4) is 0 Å². The van der Waals surface area contributed by atoms with Gasteiger partial charge in [-0.25, -0.2) is 0 Å². The van der Waals surface area contributed by atoms with E-state index in [1.54, 1.807) is 23.1 Å². The second kappa shape index (κ2) is 11.4. The summed E-state index contributed by atoms with van der Waals surface area (Å²) in [6, 6.07) is 10.7. The predicted molar refractivity (Wildman–Crippen MR) is 124 cm³/mol. The molecule has 2 rings (SSSR count). The molecule has 162 valence electrons. The van der Waals surface area contributed by atoms with Gasteiger partial charge in [-0.2, -0.15) is 0 Å². The number of rotatable bonds is 9. The first-order valence-electron chi connectivity index (χ1n) is 10.3. The number of hydrogen-bond acceptors (Lipinski definition) is 2. The molecular weight excluding hydrogens is 419 g/mol. The van der Waals surface area contributed by atoms with Crippen molar-refractivity contribution in [1.29, 1.82) is 0 Å². The van der Waals surface area contributed by atoms with Crippen LogP contribution in [-0.4, -0.2) is 29.3 Å². The summed E-state index contributed by atoms with van der Waals surface area (Å²) in [4.78, 5) is 27.8. The molecule has 0 heterocycles. The number of carbonyl (C=O) groups is 2. The average molecular weight is 449 g/mol. The fourth-order valence-corrected chi connectivity index (χ4v) is 4.10. The molecule has 0 aliphatic carbocycles. The number of benzene rings is 2. The molecule has 0 saturated heterocycles. The Hall–Kier alpha value is -2.04. The van der Waals surface area contributed by atoms with Crippen LogP contribution in [-0.2, 0) is 22.6 Å². The Kier molecular flexibility index (Phi) is 9.19. The number of aryl methyl sites for hydroxylation is 2. The highest BCUT2D eigenvalue weighted by Gasteiger charge is 2.29. The molecule has 0 fully saturated rings. The zero-order valence-electron chi connectivity index (χ0n) is 18.1. The van der Waals surface area contributed by atoms with Gasteiger partial charge in [0.1, 0.15) is 6.04 Å². The van der Waals surface area contributed by atoms with Crippen LogP contribution in [0.1, 0.15) is 48.9 Å². The minimum absolute atomic E-state index is 0.130. The predicted octanol–water partition coefficient (Wildman–Crippen LogP) is 5.49. The highest BCUT2D eigenvalue weighted by Crippen LogP contribution is 2.27. The maximum absolute atomic E-state index is 13.4. The van der Waals surface area contributed by atoms with Crippen molar-refractivity contribution >= 4 is 35.0 Å². The summed E-state index contributed by atoms with van der Waals surface area (Å²) in [5, 5.41) is 3.88. The van der Waals surface area contributed by atoms with Gasteiger partial charge in [-0.05, 0) is 44.4 Å². The van der Waals surface area contributed by atoms with Crippen molar-refractivity contribution < 1.29 is 9.59 Å². The van der Waals surface area contributed by atoms with Gasteiger partial charge in [0, 0.05) is 28.7 Å². The summed E-state index contributed by atoms with van der Waals surface area (Å²) < 4.78 is 0. The highest BCUT2D eigenvalue weighted by molar-refractivity contribution is 6.36. The summed E-state index contributed by atoms with van der Waals surface area (Å²) in [6.45, 7) is 8.67. The van der Waals surface area contributed by atoms with Gasteiger partial charge >= 0.3 is 0 Å². The number of halogens is 2. The van der Waals surface area contributed by atoms with Crippen molar-refractivity contribution in [3.63, 3.8) is 0 Å². The van der Waals surface area contributed by atoms with Crippen LogP contribution in [0, 0.1) is 13.8 Å². The largest absolute Gasteiger partial charge is 0.354 e. The van der Waals surface area contributed by atoms with Gasteiger partial charge in [0.25, 0.3) is 0 Å². The molecule has 6 heteroatoms. The Morgan fingerprint density at radius 1 is 1.03 bits per heavy atom. The minimum atomic E-state index is -0.595. The third-order valence-electron chi connectivity index (χ3n) is 4.96. The molecule has 4 nitrogen and oxygen atoms in total. The van der Waals surface area contributed by atoms with Crippen LogP contribution in [0.15, 0.2) is 36.4 Å². The third-order valence-corrected chi connectivity index (χ3v) is 5.67. The lowest BCUT2D eigenvalue weighted by molar-refractivity contribution is -0.140. The van der Waals surface area contributed by atoms with Crippen molar-refractivity contribution in [2.45, 2.75) is 59.5 Å². The molecule has 2 amide bonds. The lowest BCUT2D eigenvalue weighted by Crippen LogP contribution is -2.49. The van der Waals surface area contributed by atoms with Crippen molar-refractivity contribution in [1.82, 2.24) is 10.2 Å². The van der Waals surface area contributed by atoms with Crippen LogP contribution in [0.4, 0.5) is 0 Å². The number of hydrogen-bond donors (Lipinski definition) is 1. The van der Waals surface area contributed by atoms with Gasteiger partial charge < -0.3 is 10.2 Å². The van der Waals surface area contributed by atoms with Gasteiger partial charge in [0.2, 0.25) is 11.8 Å². The van der Waals surface area contributed by atoms with E-state index in [2.05, 4.69) is 11.4 Å². The Morgan fingerprint density at radius 2 is 1.63 bits per heavy atom. The SMILES string of the molecule is CCCNC(=O)[C@H](CC)N(Cc1c(Cl)cccc1Cl)C(=O)Cc1cc(C)cc(C)c1. The molecule has 2 aromatic carbocycles. The van der Waals surface area contributed by atoms with Gasteiger partial charge in [-0.15, -0.1) is 0 Å². The van der Waals surface area contributed by atoms with Gasteiger partial charge in [-0.1, -0.05) is 72.4 Å². The van der Waals surface area contributed by atoms with Crippen LogP contribution in [0.25, 0.3) is 0 Å². The maximum Gasteiger partial charge on any atom is 0.242 e. The Balaban J connectivity index is 2.37. The molecule has 2 aromatic rings. The van der Waals surface area contributed by atoms with Crippen molar-refractivity contribution in [3.05, 3.63) is 68.7 Å². The monoisotopic (exact) mass is 448 g/mol. The van der Waals surface area contributed by atoms with E-state index in [0.717, 1.165) is 23.1 Å². The topological polar surface area (TPSA) is 49.4 Å². The zero-order valence-corrected chi connectivity index (χ0v) is 19.6. The number of nitrogens with zero attached hydrogens (tertiary/aromatic N) is 1. The molecule has 30 heavy (non-hydrogen) atoms. The lowest BCUT2D eigenvalue weighted by atomic mass is 10.0. The van der Waals surface area contributed by atoms with E-state index in [9.17, 15) is 9.59 Å². The summed E-state index contributed by atoms with van der Waals surface area (Å²) in [5.41, 5.74) is 3.78. The molecule has 0 aromatic heterocycles. The highest BCUT2D eigenvalue weighted by atomic mass is 35.5. The summed E-state index contributed by atoms with van der Waals surface area (Å²) in [6.07, 6.45) is 1.54. The first-order chi connectivity index (χ1) is 14.3. The zero-order chi connectivity index (χ0) is 22.3. The van der Waals surface area contributed by atoms with Crippen LogP contribution < -0.4 is 5.32 Å². The molecule has 0 aliphatic rings. The first-order valence-corrected chi connectivity index (χ1v) is 11.1. The Labute approximate surface area is 189 Å². The molecule has 1 N–H and O–H groups in total. The fourth-order valence-electron chi connectivity index (χ4n) is 3.59. The normalized spacial score (nSPS) is 11.8. The summed E-state index contributed by atoms with van der Waals surface area (Å²) in [5.74, 6) is -0.286. The molecular formula is C24H30Cl2N2O2. The van der Waals surface area contributed by atoms with E-state index >= 15 is 0 Å². The summed E-state index contributed by atoms with van der Waals surface area (Å²) in [7, 11) is 0. The average Bonchev–Trinajstić information content (AvgIpc) is 2.67. The van der Waals surface area contributed by atoms with E-state index in [4.69, 9.17) is 23.2 Å². The Bertz CT molecular complexity index is 858. The maximum atomic E-state index is 13.4. The van der Waals surface area contributed by atoms with Crippen LogP contribution in [0.2, 0.25) is 10.0 Å². The standard InChI is InChI=1S/C24H30Cl2N2O2/c1-5-10-27-24(30)22(6-2)28(15-19-20(25)8-7-9-21(19)26)23(29)14-18-12-16(3)11-17(4)13-18/h7-9,11-13,22H,5-6,10,14-15H2,1-4H3,(H,27,30)/t22-/m0/s1. The molecule has 1 atom stereocenters. The number of nitrogens with one attached hydrogen (secondary N) is 1. The van der Waals surface area contributed by atoms with Gasteiger partial charge in [-0.3, -0.25) is 9.59 Å². The van der Waals surface area contributed by atoms with Crippen LogP contribution in [0.5, 0.6) is 0 Å².